The molecule has 1 aliphatic heterocycles. The quantitative estimate of drug-likeness (QED) is 0.274. The van der Waals surface area contributed by atoms with E-state index in [-0.39, 0.29) is 0 Å². The largest absolute Gasteiger partial charge is 0.394 e. The van der Waals surface area contributed by atoms with Crippen LogP contribution < -0.4 is 5.73 Å². The van der Waals surface area contributed by atoms with Crippen molar-refractivity contribution in [2.24, 2.45) is 5.73 Å². The van der Waals surface area contributed by atoms with E-state index in [0.29, 0.717) is 0 Å². The molecule has 1 aliphatic rings. The van der Waals surface area contributed by atoms with Crippen molar-refractivity contribution in [3.05, 3.63) is 0 Å². The third-order valence-electron chi connectivity index (χ3n) is 1.95. The van der Waals surface area contributed by atoms with Gasteiger partial charge in [0.1, 0.15) is 18.3 Å². The van der Waals surface area contributed by atoms with Gasteiger partial charge in [-0.1, -0.05) is 0 Å². The number of hydrogen-bond acceptors (Lipinski definition) is 6. The average Bonchev–Trinajstić information content (AvgIpc) is 2.08. The molecule has 1 rings (SSSR count). The van der Waals surface area contributed by atoms with Gasteiger partial charge in [-0.25, -0.2) is 0 Å². The Balaban J connectivity index is 2.63. The molecule has 0 radical (unpaired) electrons. The van der Waals surface area contributed by atoms with Crippen molar-refractivity contribution in [1.82, 2.24) is 0 Å². The SMILES string of the molecule is N[13CH]1[13CH](O)O[13CH]([13CH2]O)[13C@@H](O)[13C@@H]1O. The first-order chi connectivity index (χ1) is 5.57. The van der Waals surface area contributed by atoms with Crippen molar-refractivity contribution in [2.45, 2.75) is 30.6 Å². The summed E-state index contributed by atoms with van der Waals surface area (Å²) in [5.41, 5.74) is 5.26. The van der Waals surface area contributed by atoms with Crippen LogP contribution in [-0.4, -0.2) is 57.7 Å². The van der Waals surface area contributed by atoms with Crippen LogP contribution in [0.1, 0.15) is 0 Å². The van der Waals surface area contributed by atoms with Gasteiger partial charge in [0, 0.05) is 0 Å². The van der Waals surface area contributed by atoms with Gasteiger partial charge in [0.05, 0.1) is 12.6 Å². The van der Waals surface area contributed by atoms with Crippen LogP contribution in [0, 0.1) is 0 Å². The summed E-state index contributed by atoms with van der Waals surface area (Å²) in [6, 6.07) is -1.04. The number of nitrogens with two attached hydrogens (primary N) is 1. The zero-order chi connectivity index (χ0) is 9.30. The average molecular weight is 185 g/mol. The van der Waals surface area contributed by atoms with Crippen LogP contribution in [0.15, 0.2) is 0 Å². The van der Waals surface area contributed by atoms with Crippen molar-refractivity contribution in [2.75, 3.05) is 6.61 Å². The molecule has 6 N–H and O–H groups in total. The second-order valence-corrected chi connectivity index (χ2v) is 2.81. The van der Waals surface area contributed by atoms with Gasteiger partial charge < -0.3 is 30.9 Å². The van der Waals surface area contributed by atoms with Crippen molar-refractivity contribution in [3.8, 4) is 0 Å². The summed E-state index contributed by atoms with van der Waals surface area (Å²) in [6.45, 7) is -0.470. The van der Waals surface area contributed by atoms with Crippen LogP contribution in [0.2, 0.25) is 0 Å². The molecule has 6 nitrogen and oxygen atoms in total. The summed E-state index contributed by atoms with van der Waals surface area (Å²) in [6.07, 6.45) is -4.85. The fourth-order valence-electron chi connectivity index (χ4n) is 1.12. The summed E-state index contributed by atoms with van der Waals surface area (Å²) >= 11 is 0. The molecule has 0 saturated carbocycles. The fourth-order valence-corrected chi connectivity index (χ4v) is 1.12. The Morgan fingerprint density at radius 1 is 1.17 bits per heavy atom. The van der Waals surface area contributed by atoms with E-state index in [1.807, 2.05) is 0 Å². The first kappa shape index (κ1) is 9.85. The lowest BCUT2D eigenvalue weighted by molar-refractivity contribution is -0.248. The van der Waals surface area contributed by atoms with Gasteiger partial charge in [-0.15, -0.1) is 0 Å². The van der Waals surface area contributed by atoms with E-state index in [0.717, 1.165) is 0 Å². The molecule has 0 aliphatic carbocycles. The monoisotopic (exact) mass is 185 g/mol. The summed E-state index contributed by atoms with van der Waals surface area (Å²) < 4.78 is 4.70. The molecule has 0 amide bonds. The maximum Gasteiger partial charge on any atom is 0.173 e. The molecule has 0 spiro atoms. The van der Waals surface area contributed by atoms with E-state index in [9.17, 15) is 10.2 Å². The molecular weight excluding hydrogens is 172 g/mol. The zero-order valence-corrected chi connectivity index (χ0v) is 6.37. The van der Waals surface area contributed by atoms with Gasteiger partial charge in [0.15, 0.2) is 6.29 Å². The molecule has 0 bridgehead atoms. The van der Waals surface area contributed by atoms with Crippen LogP contribution in [0.3, 0.4) is 0 Å². The van der Waals surface area contributed by atoms with Gasteiger partial charge in [-0.05, 0) is 0 Å². The van der Waals surface area contributed by atoms with Crippen LogP contribution in [0.25, 0.3) is 0 Å². The minimum Gasteiger partial charge on any atom is -0.394 e. The maximum atomic E-state index is 9.20. The molecule has 1 saturated heterocycles. The van der Waals surface area contributed by atoms with E-state index >= 15 is 0 Å². The summed E-state index contributed by atoms with van der Waals surface area (Å²) in [5.74, 6) is 0. The molecule has 3 unspecified atom stereocenters. The molecule has 1 fully saturated rings. The molecule has 0 aromatic rings. The minimum atomic E-state index is -1.35. The lowest BCUT2D eigenvalue weighted by atomic mass is 10.9. The normalized spacial score (nSPS) is 49.2. The van der Waals surface area contributed by atoms with Gasteiger partial charge in [-0.2, -0.15) is 0 Å². The molecule has 5 atom stereocenters. The highest BCUT2D eigenvalue weighted by molar-refractivity contribution is 4.90. The summed E-state index contributed by atoms with van der Waals surface area (Å²) in [5, 5.41) is 36.1. The van der Waals surface area contributed by atoms with E-state index in [4.69, 9.17) is 20.7 Å². The molecule has 0 aromatic heterocycles. The predicted octanol–water partition coefficient (Wildman–Crippen LogP) is -3.25. The van der Waals surface area contributed by atoms with Gasteiger partial charge >= 0.3 is 0 Å². The third kappa shape index (κ3) is 1.58. The second kappa shape index (κ2) is 3.65. The Morgan fingerprint density at radius 2 is 1.75 bits per heavy atom. The van der Waals surface area contributed by atoms with Crippen LogP contribution >= 0.6 is 0 Å². The number of hydrogen-bond donors (Lipinski definition) is 5. The van der Waals surface area contributed by atoms with Crippen molar-refractivity contribution < 1.29 is 25.2 Å². The number of rotatable bonds is 1. The minimum absolute atomic E-state index is 0.470. The highest BCUT2D eigenvalue weighted by Crippen LogP contribution is 2.17. The zero-order valence-electron chi connectivity index (χ0n) is 6.37. The molecule has 12 heavy (non-hydrogen) atoms. The topological polar surface area (TPSA) is 116 Å². The smallest absolute Gasteiger partial charge is 0.173 e. The number of ether oxygens (including phenoxy) is 1. The first-order valence-corrected chi connectivity index (χ1v) is 3.64. The molecule has 0 aromatic carbocycles. The second-order valence-electron chi connectivity index (χ2n) is 2.81. The van der Waals surface area contributed by atoms with Crippen LogP contribution in [-0.2, 0) is 4.74 Å². The number of aliphatic hydroxyl groups is 4. The third-order valence-corrected chi connectivity index (χ3v) is 1.95. The predicted molar refractivity (Wildman–Crippen MR) is 38.0 cm³/mol. The summed E-state index contributed by atoms with van der Waals surface area (Å²) in [4.78, 5) is 0. The number of aliphatic hydroxyl groups excluding tert-OH is 4. The van der Waals surface area contributed by atoms with Gasteiger partial charge in [-0.3, -0.25) is 0 Å². The molecule has 1 heterocycles. The Labute approximate surface area is 69.2 Å². The highest BCUT2D eigenvalue weighted by Gasteiger charge is 2.41. The molecular formula is C6H13NO5. The Hall–Kier alpha value is -0.240. The van der Waals surface area contributed by atoms with Gasteiger partial charge in [0.25, 0.3) is 0 Å². The standard InChI is InChI=1S/C6H13NO5/c7-3-5(10)4(9)2(1-8)12-6(3)11/h2-6,8-11H,1,7H2/t2?,3?,4-,5-,6?/m1/s1/i1+1,2+1,3+1,4+1,5+1,6+1. The van der Waals surface area contributed by atoms with Crippen LogP contribution in [0.5, 0.6) is 0 Å². The molecule has 6 heteroatoms. The summed E-state index contributed by atoms with van der Waals surface area (Å²) in [7, 11) is 0. The maximum absolute atomic E-state index is 9.20. The van der Waals surface area contributed by atoms with Crippen LogP contribution in [0.4, 0.5) is 0 Å². The van der Waals surface area contributed by atoms with E-state index in [1.54, 1.807) is 0 Å². The Morgan fingerprint density at radius 3 is 2.25 bits per heavy atom. The Kier molecular flexibility index (Phi) is 2.99. The Bertz CT molecular complexity index is 150. The van der Waals surface area contributed by atoms with Gasteiger partial charge in [0.2, 0.25) is 0 Å². The lowest BCUT2D eigenvalue weighted by Crippen LogP contribution is -2.61. The molecule has 72 valence electrons. The van der Waals surface area contributed by atoms with E-state index in [1.165, 1.54) is 0 Å². The lowest BCUT2D eigenvalue weighted by Gasteiger charge is -2.38. The van der Waals surface area contributed by atoms with E-state index < -0.39 is 37.3 Å². The fraction of sp³-hybridized carbons (Fsp3) is 1.00. The van der Waals surface area contributed by atoms with E-state index in [2.05, 4.69) is 0 Å². The van der Waals surface area contributed by atoms with Crippen molar-refractivity contribution in [3.63, 3.8) is 0 Å². The van der Waals surface area contributed by atoms with Crippen molar-refractivity contribution in [1.29, 1.82) is 0 Å². The van der Waals surface area contributed by atoms with Crippen molar-refractivity contribution >= 4 is 0 Å². The first-order valence-electron chi connectivity index (χ1n) is 3.64. The highest BCUT2D eigenvalue weighted by atomic mass is 16.8.